The van der Waals surface area contributed by atoms with E-state index in [-0.39, 0.29) is 11.5 Å². The molecule has 1 unspecified atom stereocenters. The van der Waals surface area contributed by atoms with Crippen molar-refractivity contribution in [3.63, 3.8) is 0 Å². The third-order valence-electron chi connectivity index (χ3n) is 2.96. The van der Waals surface area contributed by atoms with Gasteiger partial charge in [0.15, 0.2) is 11.3 Å². The summed E-state index contributed by atoms with van der Waals surface area (Å²) < 4.78 is 0. The lowest BCUT2D eigenvalue weighted by Crippen LogP contribution is -2.55. The van der Waals surface area contributed by atoms with E-state index in [1.165, 1.54) is 11.8 Å². The molecule has 0 heterocycles. The summed E-state index contributed by atoms with van der Waals surface area (Å²) in [6, 6.07) is 7.25. The van der Waals surface area contributed by atoms with Gasteiger partial charge in [-0.2, -0.15) is 0 Å². The first-order chi connectivity index (χ1) is 9.77. The Morgan fingerprint density at radius 3 is 2.48 bits per heavy atom. The number of hydrogen-bond acceptors (Lipinski definition) is 5. The van der Waals surface area contributed by atoms with Gasteiger partial charge >= 0.3 is 5.97 Å². The van der Waals surface area contributed by atoms with Gasteiger partial charge in [-0.15, -0.1) is 11.8 Å². The summed E-state index contributed by atoms with van der Waals surface area (Å²) in [6.45, 7) is 1.07. The minimum absolute atomic E-state index is 0.0741. The molecule has 0 aromatic heterocycles. The molecule has 0 aliphatic rings. The highest BCUT2D eigenvalue weighted by atomic mass is 35.5. The van der Waals surface area contributed by atoms with Crippen molar-refractivity contribution in [1.29, 1.82) is 0 Å². The molecule has 0 aliphatic carbocycles. The van der Waals surface area contributed by atoms with Gasteiger partial charge in [0.1, 0.15) is 5.78 Å². The Labute approximate surface area is 131 Å². The summed E-state index contributed by atoms with van der Waals surface area (Å²) in [5, 5.41) is 9.58. The number of rotatable bonds is 8. The van der Waals surface area contributed by atoms with Crippen molar-refractivity contribution in [1.82, 2.24) is 0 Å². The van der Waals surface area contributed by atoms with Gasteiger partial charge in [0.05, 0.1) is 5.75 Å². The van der Waals surface area contributed by atoms with Gasteiger partial charge in [0, 0.05) is 17.2 Å². The van der Waals surface area contributed by atoms with Crippen molar-refractivity contribution >= 4 is 40.9 Å². The van der Waals surface area contributed by atoms with Gasteiger partial charge in [-0.3, -0.25) is 9.59 Å². The predicted octanol–water partition coefficient (Wildman–Crippen LogP) is 1.90. The third-order valence-corrected chi connectivity index (χ3v) is 4.37. The highest BCUT2D eigenvalue weighted by molar-refractivity contribution is 7.99. The van der Waals surface area contributed by atoms with Crippen LogP contribution in [0.25, 0.3) is 0 Å². The van der Waals surface area contributed by atoms with E-state index in [0.717, 1.165) is 12.5 Å². The molecule has 5 nitrogen and oxygen atoms in total. The highest BCUT2D eigenvalue weighted by Gasteiger charge is 2.41. The topological polar surface area (TPSA) is 97.5 Å². The van der Waals surface area contributed by atoms with E-state index in [1.807, 2.05) is 18.2 Å². The van der Waals surface area contributed by atoms with Crippen LogP contribution in [0.5, 0.6) is 0 Å². The molecule has 0 saturated heterocycles. The molecule has 1 rings (SSSR count). The lowest BCUT2D eigenvalue weighted by atomic mass is 9.90. The molecule has 0 amide bonds. The maximum Gasteiger partial charge on any atom is 0.331 e. The lowest BCUT2D eigenvalue weighted by Gasteiger charge is -2.20. The first kappa shape index (κ1) is 17.7. The van der Waals surface area contributed by atoms with Crippen molar-refractivity contribution in [2.75, 3.05) is 5.75 Å². The molecule has 3 N–H and O–H groups in total. The second kappa shape index (κ2) is 7.59. The standard InChI is InChI=1S/C14H16ClNO4S/c1-9(17)14(16,13(19)20)6-11(18)8-21-7-10-4-2-3-5-12(10)15/h2-5H,6-8,16H2,1H3,(H,19,20). The van der Waals surface area contributed by atoms with Crippen LogP contribution >= 0.6 is 23.4 Å². The number of nitrogens with two attached hydrogens (primary N) is 1. The second-order valence-corrected chi connectivity index (χ2v) is 6.03. The van der Waals surface area contributed by atoms with Crippen LogP contribution in [0.3, 0.4) is 0 Å². The van der Waals surface area contributed by atoms with E-state index in [9.17, 15) is 14.4 Å². The number of aliphatic carboxylic acids is 1. The van der Waals surface area contributed by atoms with E-state index in [1.54, 1.807) is 6.07 Å². The second-order valence-electron chi connectivity index (χ2n) is 4.63. The molecule has 7 heteroatoms. The average molecular weight is 330 g/mol. The van der Waals surface area contributed by atoms with Crippen molar-refractivity contribution < 1.29 is 19.5 Å². The van der Waals surface area contributed by atoms with Crippen molar-refractivity contribution in [2.45, 2.75) is 24.6 Å². The Kier molecular flexibility index (Phi) is 6.39. The largest absolute Gasteiger partial charge is 0.480 e. The summed E-state index contributed by atoms with van der Waals surface area (Å²) in [5.74, 6) is -2.01. The molecule has 1 aromatic carbocycles. The molecule has 1 atom stereocenters. The van der Waals surface area contributed by atoms with Crippen molar-refractivity contribution in [3.8, 4) is 0 Å². The zero-order valence-electron chi connectivity index (χ0n) is 11.5. The zero-order valence-corrected chi connectivity index (χ0v) is 13.0. The first-order valence-electron chi connectivity index (χ1n) is 6.13. The van der Waals surface area contributed by atoms with Gasteiger partial charge in [0.25, 0.3) is 0 Å². The van der Waals surface area contributed by atoms with Crippen LogP contribution in [0, 0.1) is 0 Å². The maximum absolute atomic E-state index is 11.8. The number of ketones is 2. The van der Waals surface area contributed by atoms with E-state index in [2.05, 4.69) is 0 Å². The van der Waals surface area contributed by atoms with E-state index >= 15 is 0 Å². The lowest BCUT2D eigenvalue weighted by molar-refractivity contribution is -0.149. The van der Waals surface area contributed by atoms with Crippen LogP contribution in [0.4, 0.5) is 0 Å². The highest BCUT2D eigenvalue weighted by Crippen LogP contribution is 2.21. The molecule has 0 fully saturated rings. The fourth-order valence-corrected chi connectivity index (χ4v) is 2.79. The normalized spacial score (nSPS) is 13.5. The number of Topliss-reactive ketones (excluding diaryl/α,β-unsaturated/α-hetero) is 2. The fourth-order valence-electron chi connectivity index (χ4n) is 1.60. The van der Waals surface area contributed by atoms with E-state index in [4.69, 9.17) is 22.4 Å². The maximum atomic E-state index is 11.8. The molecule has 0 bridgehead atoms. The fraction of sp³-hybridized carbons (Fsp3) is 0.357. The minimum atomic E-state index is -2.14. The van der Waals surface area contributed by atoms with Crippen molar-refractivity contribution in [3.05, 3.63) is 34.9 Å². The molecule has 0 spiro atoms. The van der Waals surface area contributed by atoms with Crippen LogP contribution in [0.15, 0.2) is 24.3 Å². The Bertz CT molecular complexity index is 548. The molecule has 1 aromatic rings. The van der Waals surface area contributed by atoms with Crippen LogP contribution in [-0.4, -0.2) is 33.9 Å². The number of thioether (sulfide) groups is 1. The number of carboxylic acids is 1. The van der Waals surface area contributed by atoms with Gasteiger partial charge in [0.2, 0.25) is 0 Å². The summed E-state index contributed by atoms with van der Waals surface area (Å²) in [4.78, 5) is 34.1. The van der Waals surface area contributed by atoms with Gasteiger partial charge < -0.3 is 10.8 Å². The van der Waals surface area contributed by atoms with Gasteiger partial charge in [-0.25, -0.2) is 4.79 Å². The van der Waals surface area contributed by atoms with Crippen LogP contribution in [0.1, 0.15) is 18.9 Å². The monoisotopic (exact) mass is 329 g/mol. The average Bonchev–Trinajstić information content (AvgIpc) is 2.40. The Balaban J connectivity index is 2.53. The summed E-state index contributed by atoms with van der Waals surface area (Å²) in [5.41, 5.74) is 4.24. The Morgan fingerprint density at radius 2 is 1.95 bits per heavy atom. The zero-order chi connectivity index (χ0) is 16.0. The molecule has 114 valence electrons. The number of benzene rings is 1. The number of halogens is 1. The van der Waals surface area contributed by atoms with Gasteiger partial charge in [-0.05, 0) is 18.6 Å². The summed E-state index contributed by atoms with van der Waals surface area (Å²) in [7, 11) is 0. The SMILES string of the molecule is CC(=O)C(N)(CC(=O)CSCc1ccccc1Cl)C(=O)O. The summed E-state index contributed by atoms with van der Waals surface area (Å²) >= 11 is 7.29. The van der Waals surface area contributed by atoms with Crippen LogP contribution in [-0.2, 0) is 20.1 Å². The Hall–Kier alpha value is -1.37. The third kappa shape index (κ3) is 4.84. The quantitative estimate of drug-likeness (QED) is 0.707. The minimum Gasteiger partial charge on any atom is -0.480 e. The van der Waals surface area contributed by atoms with Crippen molar-refractivity contribution in [2.24, 2.45) is 5.73 Å². The van der Waals surface area contributed by atoms with Crippen LogP contribution in [0.2, 0.25) is 5.02 Å². The molecular weight excluding hydrogens is 314 g/mol. The predicted molar refractivity (Wildman–Crippen MR) is 82.5 cm³/mol. The molecule has 21 heavy (non-hydrogen) atoms. The Morgan fingerprint density at radius 1 is 1.33 bits per heavy atom. The summed E-state index contributed by atoms with van der Waals surface area (Å²) in [6.07, 6.45) is -0.507. The first-order valence-corrected chi connectivity index (χ1v) is 7.67. The van der Waals surface area contributed by atoms with Gasteiger partial charge in [-0.1, -0.05) is 29.8 Å². The molecular formula is C14H16ClNO4S. The smallest absolute Gasteiger partial charge is 0.331 e. The molecule has 0 radical (unpaired) electrons. The van der Waals surface area contributed by atoms with E-state index < -0.39 is 23.7 Å². The number of hydrogen-bond donors (Lipinski definition) is 2. The molecule has 0 aliphatic heterocycles. The number of carbonyl (C=O) groups excluding carboxylic acids is 2. The number of carboxylic acid groups (broad SMARTS) is 1. The molecule has 0 saturated carbocycles. The number of carbonyl (C=O) groups is 3. The van der Waals surface area contributed by atoms with E-state index in [0.29, 0.717) is 10.8 Å². The van der Waals surface area contributed by atoms with Crippen LogP contribution < -0.4 is 5.73 Å².